The Morgan fingerprint density at radius 2 is 1.86 bits per heavy atom. The summed E-state index contributed by atoms with van der Waals surface area (Å²) in [5.41, 5.74) is 10.1. The average Bonchev–Trinajstić information content (AvgIpc) is 2.66. The molecule has 2 aromatic rings. The zero-order valence-electron chi connectivity index (χ0n) is 15.4. The summed E-state index contributed by atoms with van der Waals surface area (Å²) >= 11 is 0. The van der Waals surface area contributed by atoms with Crippen LogP contribution in [0.15, 0.2) is 57.6 Å². The van der Waals surface area contributed by atoms with Gasteiger partial charge in [0, 0.05) is 24.3 Å². The van der Waals surface area contributed by atoms with Crippen LogP contribution in [0, 0.1) is 17.0 Å². The predicted molar refractivity (Wildman–Crippen MR) is 107 cm³/mol. The first-order chi connectivity index (χ1) is 13.7. The fraction of sp³-hybridized carbons (Fsp3) is 0.176. The van der Waals surface area contributed by atoms with Crippen molar-refractivity contribution in [2.45, 2.75) is 18.2 Å². The van der Waals surface area contributed by atoms with Crippen LogP contribution in [0.1, 0.15) is 12.0 Å². The van der Waals surface area contributed by atoms with E-state index in [9.17, 15) is 18.5 Å². The van der Waals surface area contributed by atoms with E-state index in [2.05, 4.69) is 10.2 Å². The Kier molecular flexibility index (Phi) is 7.09. The summed E-state index contributed by atoms with van der Waals surface area (Å²) in [5, 5.41) is 18.2. The number of hydrogen-bond donors (Lipinski definition) is 2. The number of ether oxygens (including phenoxy) is 1. The van der Waals surface area contributed by atoms with Crippen LogP contribution in [-0.2, 0) is 10.1 Å². The topological polar surface area (TPSA) is 172 Å². The highest BCUT2D eigenvalue weighted by molar-refractivity contribution is 7.87. The summed E-state index contributed by atoms with van der Waals surface area (Å²) in [6.07, 6.45) is 1.85. The first kappa shape index (κ1) is 21.6. The van der Waals surface area contributed by atoms with Gasteiger partial charge in [0.2, 0.25) is 5.96 Å². The summed E-state index contributed by atoms with van der Waals surface area (Å²) in [5.74, 6) is 0.216. The summed E-state index contributed by atoms with van der Waals surface area (Å²) < 4.78 is 35.8. The van der Waals surface area contributed by atoms with Crippen molar-refractivity contribution >= 4 is 28.0 Å². The molecule has 0 spiro atoms. The molecule has 2 aromatic carbocycles. The number of nitrogens with two attached hydrogens (primary N) is 2. The molecule has 2 rings (SSSR count). The quantitative estimate of drug-likeness (QED) is 0.154. The molecule has 0 saturated heterocycles. The highest BCUT2D eigenvalue weighted by Crippen LogP contribution is 2.32. The van der Waals surface area contributed by atoms with E-state index in [1.54, 1.807) is 19.1 Å². The van der Waals surface area contributed by atoms with E-state index in [4.69, 9.17) is 20.4 Å². The fourth-order valence-electron chi connectivity index (χ4n) is 2.21. The van der Waals surface area contributed by atoms with E-state index in [-0.39, 0.29) is 18.3 Å². The van der Waals surface area contributed by atoms with Crippen LogP contribution < -0.4 is 20.4 Å². The van der Waals surface area contributed by atoms with Gasteiger partial charge in [-0.25, -0.2) is 0 Å². The van der Waals surface area contributed by atoms with Crippen molar-refractivity contribution in [3.8, 4) is 11.5 Å². The van der Waals surface area contributed by atoms with Gasteiger partial charge in [0.1, 0.15) is 11.5 Å². The van der Waals surface area contributed by atoms with E-state index in [1.807, 2.05) is 0 Å². The van der Waals surface area contributed by atoms with Gasteiger partial charge in [-0.3, -0.25) is 10.1 Å². The van der Waals surface area contributed by atoms with Gasteiger partial charge < -0.3 is 20.4 Å². The number of benzene rings is 2. The Labute approximate surface area is 166 Å². The lowest BCUT2D eigenvalue weighted by atomic mass is 10.2. The van der Waals surface area contributed by atoms with Gasteiger partial charge in [-0.05, 0) is 25.1 Å². The molecule has 0 saturated carbocycles. The molecule has 0 fully saturated rings. The molecule has 0 aromatic heterocycles. The number of guanidine groups is 1. The van der Waals surface area contributed by atoms with Gasteiger partial charge >= 0.3 is 10.1 Å². The maximum Gasteiger partial charge on any atom is 0.346 e. The lowest BCUT2D eigenvalue weighted by molar-refractivity contribution is -0.387. The molecule has 4 N–H and O–H groups in total. The maximum atomic E-state index is 12.6. The molecular weight excluding hydrogens is 402 g/mol. The number of nitrogens with zero attached hydrogens (tertiary/aromatic N) is 3. The standard InChI is InChI=1S/C17H19N5O6S/c1-12-14(27-11-5-10-20-21-17(18)19)7-4-8-15(12)28-29(25,26)16-9-3-2-6-13(16)22(23)24/h2-4,6-10H,5,11H2,1H3,(H4,18,19,21)/b20-10-. The zero-order chi connectivity index (χ0) is 21.4. The molecule has 154 valence electrons. The van der Waals surface area contributed by atoms with Crippen molar-refractivity contribution in [2.75, 3.05) is 6.61 Å². The average molecular weight is 421 g/mol. The Morgan fingerprint density at radius 3 is 2.55 bits per heavy atom. The Bertz CT molecular complexity index is 1050. The summed E-state index contributed by atoms with van der Waals surface area (Å²) in [6, 6.07) is 9.54. The van der Waals surface area contributed by atoms with E-state index in [0.29, 0.717) is 17.7 Å². The zero-order valence-corrected chi connectivity index (χ0v) is 16.2. The fourth-order valence-corrected chi connectivity index (χ4v) is 3.36. The van der Waals surface area contributed by atoms with E-state index in [0.717, 1.165) is 12.1 Å². The molecule has 0 unspecified atom stereocenters. The van der Waals surface area contributed by atoms with Crippen molar-refractivity contribution < 1.29 is 22.3 Å². The van der Waals surface area contributed by atoms with Crippen LogP contribution in [0.5, 0.6) is 11.5 Å². The number of hydrogen-bond acceptors (Lipinski definition) is 8. The Morgan fingerprint density at radius 1 is 1.17 bits per heavy atom. The minimum Gasteiger partial charge on any atom is -0.493 e. The second-order valence-electron chi connectivity index (χ2n) is 5.60. The van der Waals surface area contributed by atoms with Crippen molar-refractivity contribution in [1.82, 2.24) is 0 Å². The second kappa shape index (κ2) is 9.50. The van der Waals surface area contributed by atoms with Gasteiger partial charge in [-0.1, -0.05) is 18.2 Å². The number of para-hydroxylation sites is 1. The second-order valence-corrected chi connectivity index (χ2v) is 7.12. The van der Waals surface area contributed by atoms with Crippen LogP contribution in [0.4, 0.5) is 5.69 Å². The van der Waals surface area contributed by atoms with E-state index in [1.165, 1.54) is 24.4 Å². The molecule has 0 bridgehead atoms. The molecule has 0 aliphatic carbocycles. The Balaban J connectivity index is 2.16. The molecule has 12 heteroatoms. The highest BCUT2D eigenvalue weighted by Gasteiger charge is 2.27. The third-order valence-corrected chi connectivity index (χ3v) is 4.81. The molecule has 29 heavy (non-hydrogen) atoms. The summed E-state index contributed by atoms with van der Waals surface area (Å²) in [4.78, 5) is 9.78. The predicted octanol–water partition coefficient (Wildman–Crippen LogP) is 1.70. The number of nitro benzene ring substituents is 1. The van der Waals surface area contributed by atoms with Crippen LogP contribution >= 0.6 is 0 Å². The smallest absolute Gasteiger partial charge is 0.346 e. The summed E-state index contributed by atoms with van der Waals surface area (Å²) in [6.45, 7) is 1.83. The lowest BCUT2D eigenvalue weighted by Crippen LogP contribution is -2.21. The van der Waals surface area contributed by atoms with E-state index >= 15 is 0 Å². The van der Waals surface area contributed by atoms with Gasteiger partial charge in [0.05, 0.1) is 11.5 Å². The minimum atomic E-state index is -4.43. The van der Waals surface area contributed by atoms with Crippen LogP contribution in [0.25, 0.3) is 0 Å². The highest BCUT2D eigenvalue weighted by atomic mass is 32.2. The Hall–Kier alpha value is -3.67. The van der Waals surface area contributed by atoms with Crippen LogP contribution in [0.3, 0.4) is 0 Å². The SMILES string of the molecule is Cc1c(OCC/C=N\N=C(N)N)cccc1OS(=O)(=O)c1ccccc1[N+](=O)[O-]. The number of rotatable bonds is 9. The molecule has 0 amide bonds. The number of nitro groups is 1. The third kappa shape index (κ3) is 5.90. The van der Waals surface area contributed by atoms with Gasteiger partial charge in [0.15, 0.2) is 4.90 Å². The molecule has 0 heterocycles. The molecule has 0 radical (unpaired) electrons. The monoisotopic (exact) mass is 421 g/mol. The molecule has 0 aliphatic heterocycles. The van der Waals surface area contributed by atoms with Crippen molar-refractivity contribution in [2.24, 2.45) is 21.7 Å². The van der Waals surface area contributed by atoms with Gasteiger partial charge in [-0.2, -0.15) is 13.5 Å². The molecule has 0 atom stereocenters. The first-order valence-corrected chi connectivity index (χ1v) is 9.64. The van der Waals surface area contributed by atoms with Crippen molar-refractivity contribution in [1.29, 1.82) is 0 Å². The van der Waals surface area contributed by atoms with Crippen LogP contribution in [0.2, 0.25) is 0 Å². The third-order valence-electron chi connectivity index (χ3n) is 3.52. The normalized spacial score (nSPS) is 11.2. The van der Waals surface area contributed by atoms with Crippen molar-refractivity contribution in [3.63, 3.8) is 0 Å². The maximum absolute atomic E-state index is 12.6. The first-order valence-electron chi connectivity index (χ1n) is 8.23. The van der Waals surface area contributed by atoms with Gasteiger partial charge in [-0.15, -0.1) is 5.10 Å². The van der Waals surface area contributed by atoms with Gasteiger partial charge in [0.25, 0.3) is 5.69 Å². The molecule has 0 aliphatic rings. The van der Waals surface area contributed by atoms with E-state index < -0.39 is 25.6 Å². The molecular formula is C17H19N5O6S. The largest absolute Gasteiger partial charge is 0.493 e. The molecule has 11 nitrogen and oxygen atoms in total. The lowest BCUT2D eigenvalue weighted by Gasteiger charge is -2.13. The minimum absolute atomic E-state index is 0.00479. The summed E-state index contributed by atoms with van der Waals surface area (Å²) in [7, 11) is -4.43. The van der Waals surface area contributed by atoms with Crippen molar-refractivity contribution in [3.05, 3.63) is 58.1 Å². The van der Waals surface area contributed by atoms with Crippen LogP contribution in [-0.4, -0.2) is 32.1 Å².